The molecule has 10 nitrogen and oxygen atoms in total. The number of nitriles is 1. The molecule has 3 aromatic rings. The third-order valence-electron chi connectivity index (χ3n) is 4.57. The highest BCUT2D eigenvalue weighted by Gasteiger charge is 2.18. The maximum Gasteiger partial charge on any atom is 0.343 e. The number of hydrogen-bond acceptors (Lipinski definition) is 8. The van der Waals surface area contributed by atoms with Crippen molar-refractivity contribution in [2.45, 2.75) is 0 Å². The standard InChI is InChI=1S/C24H16BrN3O7/c1-34-21-11-14(10-18(25)22(21)35-24(31)15-5-3-2-4-6-15)9-16(13-26)23(30)27-19-8-7-17(28(32)33)12-20(19)29/h2-12,29H,1H3,(H,27,30). The summed E-state index contributed by atoms with van der Waals surface area (Å²) in [5, 5.41) is 32.5. The number of anilines is 1. The van der Waals surface area contributed by atoms with E-state index in [-0.39, 0.29) is 28.4 Å². The van der Waals surface area contributed by atoms with E-state index in [4.69, 9.17) is 9.47 Å². The molecular formula is C24H16BrN3O7. The molecule has 0 saturated heterocycles. The number of carbonyl (C=O) groups excluding carboxylic acids is 2. The van der Waals surface area contributed by atoms with Crippen LogP contribution in [0.2, 0.25) is 0 Å². The molecule has 0 heterocycles. The summed E-state index contributed by atoms with van der Waals surface area (Å²) in [5.41, 5.74) is -0.0906. The summed E-state index contributed by atoms with van der Waals surface area (Å²) in [6, 6.07) is 16.2. The number of halogens is 1. The van der Waals surface area contributed by atoms with E-state index in [0.717, 1.165) is 18.2 Å². The van der Waals surface area contributed by atoms with Crippen LogP contribution < -0.4 is 14.8 Å². The van der Waals surface area contributed by atoms with Gasteiger partial charge in [-0.05, 0) is 57.9 Å². The molecule has 11 heteroatoms. The van der Waals surface area contributed by atoms with Crippen LogP contribution in [0, 0.1) is 21.4 Å². The number of carbonyl (C=O) groups is 2. The Morgan fingerprint density at radius 1 is 1.17 bits per heavy atom. The second kappa shape index (κ2) is 11.0. The Balaban J connectivity index is 1.86. The Morgan fingerprint density at radius 3 is 2.49 bits per heavy atom. The quantitative estimate of drug-likeness (QED) is 0.0825. The summed E-state index contributed by atoms with van der Waals surface area (Å²) in [6.07, 6.45) is 1.26. The second-order valence-electron chi connectivity index (χ2n) is 6.87. The number of phenolic OH excluding ortho intramolecular Hbond substituents is 1. The average molecular weight is 538 g/mol. The minimum absolute atomic E-state index is 0.108. The molecule has 35 heavy (non-hydrogen) atoms. The molecule has 176 valence electrons. The molecule has 0 bridgehead atoms. The van der Waals surface area contributed by atoms with Crippen molar-refractivity contribution in [1.29, 1.82) is 5.26 Å². The van der Waals surface area contributed by atoms with Crippen molar-refractivity contribution in [3.05, 3.63) is 92.0 Å². The van der Waals surface area contributed by atoms with Gasteiger partial charge in [-0.3, -0.25) is 14.9 Å². The van der Waals surface area contributed by atoms with E-state index in [1.807, 2.05) is 0 Å². The van der Waals surface area contributed by atoms with E-state index in [9.17, 15) is 30.1 Å². The normalized spacial score (nSPS) is 10.7. The van der Waals surface area contributed by atoms with Crippen molar-refractivity contribution in [3.8, 4) is 23.3 Å². The molecule has 2 N–H and O–H groups in total. The van der Waals surface area contributed by atoms with E-state index < -0.39 is 22.5 Å². The highest BCUT2D eigenvalue weighted by molar-refractivity contribution is 9.10. The van der Waals surface area contributed by atoms with Gasteiger partial charge in [-0.25, -0.2) is 4.79 Å². The van der Waals surface area contributed by atoms with Crippen molar-refractivity contribution < 1.29 is 29.1 Å². The number of benzene rings is 3. The Morgan fingerprint density at radius 2 is 1.89 bits per heavy atom. The summed E-state index contributed by atoms with van der Waals surface area (Å²) in [4.78, 5) is 35.1. The molecule has 0 aliphatic rings. The van der Waals surface area contributed by atoms with Gasteiger partial charge in [0.25, 0.3) is 11.6 Å². The topological polar surface area (TPSA) is 152 Å². The largest absolute Gasteiger partial charge is 0.506 e. The number of aromatic hydroxyl groups is 1. The number of nitrogens with zero attached hydrogens (tertiary/aromatic N) is 2. The van der Waals surface area contributed by atoms with Crippen LogP contribution in [0.3, 0.4) is 0 Å². The predicted molar refractivity (Wildman–Crippen MR) is 129 cm³/mol. The van der Waals surface area contributed by atoms with E-state index in [2.05, 4.69) is 21.2 Å². The summed E-state index contributed by atoms with van der Waals surface area (Å²) < 4.78 is 11.1. The highest BCUT2D eigenvalue weighted by atomic mass is 79.9. The van der Waals surface area contributed by atoms with Gasteiger partial charge in [0.2, 0.25) is 0 Å². The van der Waals surface area contributed by atoms with E-state index in [1.165, 1.54) is 25.3 Å². The van der Waals surface area contributed by atoms with Crippen molar-refractivity contribution >= 4 is 45.3 Å². The number of hydrogen-bond donors (Lipinski definition) is 2. The van der Waals surface area contributed by atoms with Gasteiger partial charge in [0, 0.05) is 6.07 Å². The summed E-state index contributed by atoms with van der Waals surface area (Å²) in [6.45, 7) is 0. The fourth-order valence-corrected chi connectivity index (χ4v) is 3.43. The third kappa shape index (κ3) is 6.01. The number of nitro benzene ring substituents is 1. The molecule has 0 aliphatic heterocycles. The lowest BCUT2D eigenvalue weighted by molar-refractivity contribution is -0.384. The van der Waals surface area contributed by atoms with Crippen molar-refractivity contribution in [2.24, 2.45) is 0 Å². The van der Waals surface area contributed by atoms with Gasteiger partial charge in [-0.2, -0.15) is 5.26 Å². The van der Waals surface area contributed by atoms with Crippen molar-refractivity contribution in [2.75, 3.05) is 12.4 Å². The number of non-ortho nitro benzene ring substituents is 1. The van der Waals surface area contributed by atoms with E-state index in [0.29, 0.717) is 15.6 Å². The van der Waals surface area contributed by atoms with Crippen LogP contribution in [-0.2, 0) is 4.79 Å². The molecule has 0 unspecified atom stereocenters. The number of ether oxygens (including phenoxy) is 2. The van der Waals surface area contributed by atoms with E-state index >= 15 is 0 Å². The number of amides is 1. The molecule has 0 fully saturated rings. The second-order valence-corrected chi connectivity index (χ2v) is 7.73. The predicted octanol–water partition coefficient (Wildman–Crippen LogP) is 4.84. The van der Waals surface area contributed by atoms with Gasteiger partial charge in [0.05, 0.1) is 33.8 Å². The number of phenols is 1. The fraction of sp³-hybridized carbons (Fsp3) is 0.0417. The minimum atomic E-state index is -0.855. The van der Waals surface area contributed by atoms with Gasteiger partial charge in [-0.1, -0.05) is 18.2 Å². The average Bonchev–Trinajstić information content (AvgIpc) is 2.85. The van der Waals surface area contributed by atoms with Crippen LogP contribution in [0.4, 0.5) is 11.4 Å². The monoisotopic (exact) mass is 537 g/mol. The molecule has 0 radical (unpaired) electrons. The SMILES string of the molecule is COc1cc(C=C(C#N)C(=O)Nc2ccc([N+](=O)[O-])cc2O)cc(Br)c1OC(=O)c1ccccc1. The van der Waals surface area contributed by atoms with Gasteiger partial charge >= 0.3 is 5.97 Å². The van der Waals surface area contributed by atoms with Crippen LogP contribution in [-0.4, -0.2) is 29.0 Å². The first-order valence-corrected chi connectivity index (χ1v) is 10.6. The fourth-order valence-electron chi connectivity index (χ4n) is 2.89. The number of rotatable bonds is 7. The third-order valence-corrected chi connectivity index (χ3v) is 5.16. The van der Waals surface area contributed by atoms with Crippen LogP contribution in [0.5, 0.6) is 17.2 Å². The molecule has 0 spiro atoms. The molecule has 3 rings (SSSR count). The Hall–Kier alpha value is -4.69. The summed E-state index contributed by atoms with van der Waals surface area (Å²) >= 11 is 3.31. The molecule has 3 aromatic carbocycles. The zero-order valence-corrected chi connectivity index (χ0v) is 19.6. The van der Waals surface area contributed by atoms with Gasteiger partial charge in [-0.15, -0.1) is 0 Å². The molecule has 0 aliphatic carbocycles. The van der Waals surface area contributed by atoms with Gasteiger partial charge < -0.3 is 19.9 Å². The smallest absolute Gasteiger partial charge is 0.343 e. The van der Waals surface area contributed by atoms with Crippen molar-refractivity contribution in [1.82, 2.24) is 0 Å². The van der Waals surface area contributed by atoms with Crippen LogP contribution in [0.25, 0.3) is 6.08 Å². The first-order valence-electron chi connectivity index (χ1n) is 9.78. The summed E-state index contributed by atoms with van der Waals surface area (Å²) in [7, 11) is 1.37. The molecular weight excluding hydrogens is 522 g/mol. The number of nitrogens with one attached hydrogen (secondary N) is 1. The van der Waals surface area contributed by atoms with E-state index in [1.54, 1.807) is 36.4 Å². The molecule has 0 saturated carbocycles. The Kier molecular flexibility index (Phi) is 7.81. The van der Waals surface area contributed by atoms with Gasteiger partial charge in [0.15, 0.2) is 11.5 Å². The van der Waals surface area contributed by atoms with Crippen LogP contribution >= 0.6 is 15.9 Å². The minimum Gasteiger partial charge on any atom is -0.506 e. The summed E-state index contributed by atoms with van der Waals surface area (Å²) in [5.74, 6) is -1.71. The Bertz CT molecular complexity index is 1380. The van der Waals surface area contributed by atoms with Crippen LogP contribution in [0.15, 0.2) is 70.7 Å². The first kappa shape index (κ1) is 24.9. The zero-order chi connectivity index (χ0) is 25.5. The maximum atomic E-state index is 12.6. The lowest BCUT2D eigenvalue weighted by Crippen LogP contribution is -2.13. The molecule has 1 amide bonds. The first-order chi connectivity index (χ1) is 16.7. The highest BCUT2D eigenvalue weighted by Crippen LogP contribution is 2.38. The number of methoxy groups -OCH3 is 1. The zero-order valence-electron chi connectivity index (χ0n) is 18.0. The Labute approximate surface area is 207 Å². The number of esters is 1. The van der Waals surface area contributed by atoms with Gasteiger partial charge in [0.1, 0.15) is 17.4 Å². The van der Waals surface area contributed by atoms with Crippen molar-refractivity contribution in [3.63, 3.8) is 0 Å². The molecule has 0 aromatic heterocycles. The number of nitro groups is 1. The lowest BCUT2D eigenvalue weighted by atomic mass is 10.1. The maximum absolute atomic E-state index is 12.6. The molecule has 0 atom stereocenters. The lowest BCUT2D eigenvalue weighted by Gasteiger charge is -2.12. The van der Waals surface area contributed by atoms with Crippen LogP contribution in [0.1, 0.15) is 15.9 Å².